The fourth-order valence-corrected chi connectivity index (χ4v) is 10.3. The van der Waals surface area contributed by atoms with E-state index in [9.17, 15) is 0 Å². The molecule has 0 fully saturated rings. The number of benzene rings is 12. The molecule has 0 N–H and O–H groups in total. The summed E-state index contributed by atoms with van der Waals surface area (Å²) in [4.78, 5) is 0. The molecule has 0 radical (unpaired) electrons. The van der Waals surface area contributed by atoms with E-state index < -0.39 is 0 Å². The molecule has 0 aliphatic rings. The van der Waals surface area contributed by atoms with Gasteiger partial charge in [-0.3, -0.25) is 0 Å². The highest BCUT2D eigenvalue weighted by Crippen LogP contribution is 2.46. The summed E-state index contributed by atoms with van der Waals surface area (Å²) >= 11 is 0. The maximum atomic E-state index is 2.37. The minimum atomic E-state index is 1.16. The molecule has 0 atom stereocenters. The highest BCUT2D eigenvalue weighted by atomic mass is 14.2. The topological polar surface area (TPSA) is 0 Å². The normalized spacial score (nSPS) is 11.6. The van der Waals surface area contributed by atoms with Gasteiger partial charge in [-0.1, -0.05) is 261 Å². The minimum absolute atomic E-state index is 1.16. The predicted molar refractivity (Wildman–Crippen MR) is 284 cm³/mol. The van der Waals surface area contributed by atoms with Crippen molar-refractivity contribution in [3.63, 3.8) is 0 Å². The summed E-state index contributed by atoms with van der Waals surface area (Å²) < 4.78 is 0. The van der Waals surface area contributed by atoms with Gasteiger partial charge < -0.3 is 0 Å². The number of hydrogen-bond donors (Lipinski definition) is 0. The Hall–Kier alpha value is -8.58. The Labute approximate surface area is 386 Å². The Kier molecular flexibility index (Phi) is 9.97. The minimum Gasteiger partial charge on any atom is -0.0622 e. The Morgan fingerprint density at radius 2 is 0.515 bits per heavy atom. The van der Waals surface area contributed by atoms with Gasteiger partial charge in [0.15, 0.2) is 0 Å². The Morgan fingerprint density at radius 3 is 0.970 bits per heavy atom. The SMILES string of the molecule is C(=Cc1ccccc1-c1cccc(-c2c3ccccc3c(-c3ccccc3)c3ccccc23)c1)c1ccc(-c2ccc(-c3c4ccccc4c(-c4ccccc4)c4ccccc34)cc2)cc1. The first-order valence-corrected chi connectivity index (χ1v) is 22.8. The van der Waals surface area contributed by atoms with Crippen molar-refractivity contribution in [2.45, 2.75) is 0 Å². The Balaban J connectivity index is 0.847. The summed E-state index contributed by atoms with van der Waals surface area (Å²) in [5, 5.41) is 10.1. The summed E-state index contributed by atoms with van der Waals surface area (Å²) in [5.41, 5.74) is 17.2. The summed E-state index contributed by atoms with van der Waals surface area (Å²) in [6.45, 7) is 0. The van der Waals surface area contributed by atoms with Gasteiger partial charge in [-0.05, 0) is 127 Å². The number of fused-ring (bicyclic) bond motifs is 4. The second-order valence-electron chi connectivity index (χ2n) is 17.1. The summed E-state index contributed by atoms with van der Waals surface area (Å²) in [5.74, 6) is 0. The van der Waals surface area contributed by atoms with Crippen LogP contribution in [-0.2, 0) is 0 Å². The Bertz CT molecular complexity index is 3650. The van der Waals surface area contributed by atoms with E-state index in [1.807, 2.05) is 0 Å². The third-order valence-electron chi connectivity index (χ3n) is 13.3. The molecule has 0 aliphatic heterocycles. The maximum absolute atomic E-state index is 2.37. The van der Waals surface area contributed by atoms with Crippen LogP contribution in [0.1, 0.15) is 11.1 Å². The van der Waals surface area contributed by atoms with Gasteiger partial charge in [-0.25, -0.2) is 0 Å². The lowest BCUT2D eigenvalue weighted by atomic mass is 9.85. The summed E-state index contributed by atoms with van der Waals surface area (Å²) in [6, 6.07) is 92.9. The highest BCUT2D eigenvalue weighted by molar-refractivity contribution is 6.22. The van der Waals surface area contributed by atoms with Crippen LogP contribution in [0, 0.1) is 0 Å². The van der Waals surface area contributed by atoms with Crippen molar-refractivity contribution in [2.24, 2.45) is 0 Å². The van der Waals surface area contributed by atoms with Crippen molar-refractivity contribution < 1.29 is 0 Å². The van der Waals surface area contributed by atoms with Gasteiger partial charge in [0.05, 0.1) is 0 Å². The van der Waals surface area contributed by atoms with Crippen molar-refractivity contribution in [2.75, 3.05) is 0 Å². The highest BCUT2D eigenvalue weighted by Gasteiger charge is 2.18. The zero-order valence-electron chi connectivity index (χ0n) is 36.4. The molecule has 0 heteroatoms. The molecule has 0 bridgehead atoms. The molecule has 0 amide bonds. The smallest absolute Gasteiger partial charge is 0.00262 e. The van der Waals surface area contributed by atoms with Crippen LogP contribution in [0.5, 0.6) is 0 Å². The molecule has 0 saturated carbocycles. The average Bonchev–Trinajstić information content (AvgIpc) is 3.39. The zero-order valence-corrected chi connectivity index (χ0v) is 36.4. The van der Waals surface area contributed by atoms with Gasteiger partial charge in [0.2, 0.25) is 0 Å². The summed E-state index contributed by atoms with van der Waals surface area (Å²) in [7, 11) is 0. The number of hydrogen-bond acceptors (Lipinski definition) is 0. The predicted octanol–water partition coefficient (Wildman–Crippen LogP) is 18.5. The first kappa shape index (κ1) is 39.0. The second-order valence-corrected chi connectivity index (χ2v) is 17.1. The van der Waals surface area contributed by atoms with Gasteiger partial charge in [-0.15, -0.1) is 0 Å². The van der Waals surface area contributed by atoms with Crippen LogP contribution in [0.3, 0.4) is 0 Å². The van der Waals surface area contributed by atoms with E-state index >= 15 is 0 Å². The van der Waals surface area contributed by atoms with Crippen LogP contribution in [0.4, 0.5) is 0 Å². The van der Waals surface area contributed by atoms with E-state index in [1.54, 1.807) is 0 Å². The third-order valence-corrected chi connectivity index (χ3v) is 13.3. The largest absolute Gasteiger partial charge is 0.0622 e. The van der Waals surface area contributed by atoms with Crippen LogP contribution < -0.4 is 0 Å². The first-order valence-electron chi connectivity index (χ1n) is 22.8. The van der Waals surface area contributed by atoms with E-state index in [0.29, 0.717) is 0 Å². The lowest BCUT2D eigenvalue weighted by Crippen LogP contribution is -1.91. The van der Waals surface area contributed by atoms with Gasteiger partial charge in [0.25, 0.3) is 0 Å². The fourth-order valence-electron chi connectivity index (χ4n) is 10.3. The molecule has 0 nitrogen and oxygen atoms in total. The van der Waals surface area contributed by atoms with Crippen molar-refractivity contribution in [1.29, 1.82) is 0 Å². The lowest BCUT2D eigenvalue weighted by molar-refractivity contribution is 1.58. The fraction of sp³-hybridized carbons (Fsp3) is 0. The molecule has 0 heterocycles. The number of rotatable bonds is 8. The van der Waals surface area contributed by atoms with E-state index in [1.165, 1.54) is 115 Å². The van der Waals surface area contributed by atoms with Gasteiger partial charge in [0.1, 0.15) is 0 Å². The second kappa shape index (κ2) is 16.8. The molecule has 0 spiro atoms. The molecular formula is C66H44. The third kappa shape index (κ3) is 6.97. The van der Waals surface area contributed by atoms with Gasteiger partial charge in [0, 0.05) is 0 Å². The molecule has 12 aromatic carbocycles. The molecule has 0 unspecified atom stereocenters. The van der Waals surface area contributed by atoms with Crippen LogP contribution >= 0.6 is 0 Å². The Morgan fingerprint density at radius 1 is 0.197 bits per heavy atom. The van der Waals surface area contributed by atoms with Crippen molar-refractivity contribution in [3.05, 3.63) is 266 Å². The summed E-state index contributed by atoms with van der Waals surface area (Å²) in [6.07, 6.45) is 4.48. The molecule has 0 saturated heterocycles. The molecule has 308 valence electrons. The van der Waals surface area contributed by atoms with Crippen molar-refractivity contribution >= 4 is 55.2 Å². The van der Waals surface area contributed by atoms with Crippen LogP contribution in [0.25, 0.3) is 122 Å². The van der Waals surface area contributed by atoms with Crippen molar-refractivity contribution in [3.8, 4) is 66.8 Å². The lowest BCUT2D eigenvalue weighted by Gasteiger charge is -2.18. The monoisotopic (exact) mass is 836 g/mol. The molecule has 0 aromatic heterocycles. The first-order chi connectivity index (χ1) is 32.8. The van der Waals surface area contributed by atoms with Gasteiger partial charge >= 0.3 is 0 Å². The standard InChI is InChI=1S/C66H44/c1-3-19-49(20-4-1)63-55-26-9-11-28-57(55)65(58-29-12-10-27-56(58)63)51-42-40-47(41-43-51)46-37-34-45(35-38-46)36-39-48-18-7-8-25-54(48)52-23-17-24-53(44-52)66-61-32-15-13-30-59(61)64(50-21-5-2-6-22-50)60-31-14-16-33-62(60)66/h1-44H. The molecule has 12 aromatic rings. The van der Waals surface area contributed by atoms with E-state index in [0.717, 1.165) is 5.56 Å². The molecular weight excluding hydrogens is 793 g/mol. The van der Waals surface area contributed by atoms with E-state index in [-0.39, 0.29) is 0 Å². The molecule has 12 rings (SSSR count). The van der Waals surface area contributed by atoms with Crippen molar-refractivity contribution in [1.82, 2.24) is 0 Å². The van der Waals surface area contributed by atoms with Crippen LogP contribution in [-0.4, -0.2) is 0 Å². The van der Waals surface area contributed by atoms with Crippen LogP contribution in [0.15, 0.2) is 255 Å². The van der Waals surface area contributed by atoms with Gasteiger partial charge in [-0.2, -0.15) is 0 Å². The quantitative estimate of drug-likeness (QED) is 0.106. The average molecular weight is 837 g/mol. The zero-order chi connectivity index (χ0) is 43.8. The van der Waals surface area contributed by atoms with E-state index in [4.69, 9.17) is 0 Å². The van der Waals surface area contributed by atoms with E-state index in [2.05, 4.69) is 267 Å². The molecule has 66 heavy (non-hydrogen) atoms. The van der Waals surface area contributed by atoms with Crippen LogP contribution in [0.2, 0.25) is 0 Å². The maximum Gasteiger partial charge on any atom is -0.00262 e. The molecule has 0 aliphatic carbocycles.